The van der Waals surface area contributed by atoms with Gasteiger partial charge in [0.15, 0.2) is 0 Å². The third-order valence-corrected chi connectivity index (χ3v) is 6.57. The molecule has 0 radical (unpaired) electrons. The van der Waals surface area contributed by atoms with Gasteiger partial charge in [-0.1, -0.05) is 19.3 Å². The number of fused-ring (bicyclic) bond motifs is 1. The molecule has 3 heterocycles. The number of carbonyl (C=O) groups excluding carboxylic acids is 4. The Morgan fingerprint density at radius 3 is 2.67 bits per heavy atom. The molecule has 4 rings (SSSR count). The third-order valence-electron chi connectivity index (χ3n) is 6.57. The summed E-state index contributed by atoms with van der Waals surface area (Å²) in [4.78, 5) is 59.5. The zero-order chi connectivity index (χ0) is 23.2. The number of rotatable bonds is 7. The van der Waals surface area contributed by atoms with Crippen LogP contribution in [0.5, 0.6) is 0 Å². The van der Waals surface area contributed by atoms with Gasteiger partial charge in [0.2, 0.25) is 11.8 Å². The second-order valence-electron chi connectivity index (χ2n) is 8.87. The number of hydrogen-bond acceptors (Lipinski definition) is 6. The van der Waals surface area contributed by atoms with Crippen LogP contribution >= 0.6 is 0 Å². The quantitative estimate of drug-likeness (QED) is 0.427. The van der Waals surface area contributed by atoms with Crippen molar-refractivity contribution < 1.29 is 19.2 Å². The van der Waals surface area contributed by atoms with Crippen LogP contribution in [0.4, 0.5) is 4.79 Å². The number of nitrogens with one attached hydrogen (secondary N) is 4. The van der Waals surface area contributed by atoms with E-state index < -0.39 is 18.1 Å². The van der Waals surface area contributed by atoms with Crippen LogP contribution in [0.3, 0.4) is 0 Å². The first-order valence-electron chi connectivity index (χ1n) is 11.7. The molecule has 3 fully saturated rings. The number of carbonyl (C=O) groups is 4. The minimum absolute atomic E-state index is 0.142. The van der Waals surface area contributed by atoms with Crippen molar-refractivity contribution in [3.8, 4) is 0 Å². The van der Waals surface area contributed by atoms with Crippen molar-refractivity contribution in [3.05, 3.63) is 24.3 Å². The van der Waals surface area contributed by atoms with Gasteiger partial charge in [-0.2, -0.15) is 0 Å². The summed E-state index contributed by atoms with van der Waals surface area (Å²) in [7, 11) is 0. The molecule has 0 bridgehead atoms. The highest BCUT2D eigenvalue weighted by atomic mass is 16.2. The minimum Gasteiger partial charge on any atom is -0.351 e. The Morgan fingerprint density at radius 2 is 1.91 bits per heavy atom. The van der Waals surface area contributed by atoms with Gasteiger partial charge in [0.05, 0.1) is 12.2 Å². The Kier molecular flexibility index (Phi) is 7.36. The van der Waals surface area contributed by atoms with E-state index in [0.29, 0.717) is 32.4 Å². The Hall–Kier alpha value is -3.24. The van der Waals surface area contributed by atoms with Gasteiger partial charge in [-0.3, -0.25) is 19.4 Å². The first-order chi connectivity index (χ1) is 16.0. The summed E-state index contributed by atoms with van der Waals surface area (Å²) in [6.07, 6.45) is 11.2. The van der Waals surface area contributed by atoms with Gasteiger partial charge in [-0.05, 0) is 32.1 Å². The average molecular weight is 458 g/mol. The van der Waals surface area contributed by atoms with Crippen LogP contribution in [0, 0.1) is 0 Å². The molecular weight excluding hydrogens is 426 g/mol. The molecule has 11 heteroatoms. The van der Waals surface area contributed by atoms with Crippen LogP contribution in [-0.2, 0) is 9.59 Å². The van der Waals surface area contributed by atoms with E-state index in [9.17, 15) is 19.2 Å². The van der Waals surface area contributed by atoms with Crippen molar-refractivity contribution in [2.75, 3.05) is 13.1 Å². The molecule has 0 spiro atoms. The van der Waals surface area contributed by atoms with Crippen molar-refractivity contribution in [3.63, 3.8) is 0 Å². The van der Waals surface area contributed by atoms with E-state index >= 15 is 0 Å². The molecule has 1 aromatic heterocycles. The van der Waals surface area contributed by atoms with E-state index in [1.807, 2.05) is 0 Å². The van der Waals surface area contributed by atoms with E-state index in [-0.39, 0.29) is 35.5 Å². The van der Waals surface area contributed by atoms with Crippen molar-refractivity contribution in [1.29, 1.82) is 0 Å². The van der Waals surface area contributed by atoms with E-state index in [1.54, 1.807) is 4.90 Å². The van der Waals surface area contributed by atoms with Crippen LogP contribution in [0.15, 0.2) is 18.6 Å². The average Bonchev–Trinajstić information content (AvgIpc) is 3.25. The lowest BCUT2D eigenvalue weighted by molar-refractivity contribution is -0.147. The molecule has 3 unspecified atom stereocenters. The van der Waals surface area contributed by atoms with Gasteiger partial charge in [-0.15, -0.1) is 0 Å². The maximum atomic E-state index is 12.9. The zero-order valence-electron chi connectivity index (χ0n) is 18.6. The Labute approximate surface area is 192 Å². The Balaban J connectivity index is 1.23. The first-order valence-corrected chi connectivity index (χ1v) is 11.7. The lowest BCUT2D eigenvalue weighted by atomic mass is 9.96. The van der Waals surface area contributed by atoms with Gasteiger partial charge in [0.1, 0.15) is 17.8 Å². The second-order valence-corrected chi connectivity index (χ2v) is 8.87. The third kappa shape index (κ3) is 5.58. The summed E-state index contributed by atoms with van der Waals surface area (Å²) >= 11 is 0. The van der Waals surface area contributed by atoms with E-state index in [2.05, 4.69) is 31.2 Å². The molecule has 1 aliphatic carbocycles. The molecule has 11 nitrogen and oxygen atoms in total. The fraction of sp³-hybridized carbons (Fsp3) is 0.636. The van der Waals surface area contributed by atoms with Crippen LogP contribution < -0.4 is 21.3 Å². The summed E-state index contributed by atoms with van der Waals surface area (Å²) in [5, 5.41) is 11.5. The van der Waals surface area contributed by atoms with Gasteiger partial charge >= 0.3 is 6.03 Å². The maximum Gasteiger partial charge on any atom is 0.315 e. The van der Waals surface area contributed by atoms with Crippen molar-refractivity contribution in [2.24, 2.45) is 0 Å². The Bertz CT molecular complexity index is 875. The van der Waals surface area contributed by atoms with E-state index in [0.717, 1.165) is 25.7 Å². The Morgan fingerprint density at radius 1 is 1.09 bits per heavy atom. The van der Waals surface area contributed by atoms with Crippen LogP contribution in [0.2, 0.25) is 0 Å². The molecule has 5 amide bonds. The molecule has 0 aromatic carbocycles. The predicted molar refractivity (Wildman–Crippen MR) is 118 cm³/mol. The number of aromatic nitrogens is 2. The molecular formula is C22H31N7O4. The molecule has 2 saturated heterocycles. The highest BCUT2D eigenvalue weighted by Gasteiger charge is 2.48. The number of piperazine rings is 1. The van der Waals surface area contributed by atoms with Crippen molar-refractivity contribution in [2.45, 2.75) is 75.5 Å². The normalized spacial score (nSPS) is 25.2. The van der Waals surface area contributed by atoms with Crippen LogP contribution in [-0.4, -0.2) is 75.9 Å². The minimum atomic E-state index is -0.679. The van der Waals surface area contributed by atoms with Crippen molar-refractivity contribution >= 4 is 23.8 Å². The van der Waals surface area contributed by atoms with Gasteiger partial charge < -0.3 is 26.2 Å². The van der Waals surface area contributed by atoms with Gasteiger partial charge in [-0.25, -0.2) is 9.78 Å². The van der Waals surface area contributed by atoms with Crippen molar-refractivity contribution in [1.82, 2.24) is 36.1 Å². The summed E-state index contributed by atoms with van der Waals surface area (Å²) < 4.78 is 0. The summed E-state index contributed by atoms with van der Waals surface area (Å²) in [5.41, 5.74) is 0.227. The summed E-state index contributed by atoms with van der Waals surface area (Å²) in [6, 6.07) is -1.80. The summed E-state index contributed by atoms with van der Waals surface area (Å²) in [6.45, 7) is 0.787. The highest BCUT2D eigenvalue weighted by Crippen LogP contribution is 2.24. The number of urea groups is 1. The molecule has 1 saturated carbocycles. The molecule has 2 aliphatic heterocycles. The lowest BCUT2D eigenvalue weighted by Gasteiger charge is -2.36. The standard InChI is InChI=1S/C22H31N7O4/c30-19(17-13-23-10-11-24-17)25-9-4-7-16-21(32)29-12-8-15(18(29)20(31)27-16)28-22(33)26-14-5-2-1-3-6-14/h10-11,13-16,18H,1-9,12H2,(H,25,30)(H,27,31)(H2,26,28,33). The van der Waals surface area contributed by atoms with Gasteiger partial charge in [0, 0.05) is 31.5 Å². The molecule has 178 valence electrons. The summed E-state index contributed by atoms with van der Waals surface area (Å²) in [5.74, 6) is -0.720. The first kappa shape index (κ1) is 22.9. The van der Waals surface area contributed by atoms with Crippen LogP contribution in [0.1, 0.15) is 61.9 Å². The molecule has 1 aromatic rings. The zero-order valence-corrected chi connectivity index (χ0v) is 18.6. The smallest absolute Gasteiger partial charge is 0.315 e. The maximum absolute atomic E-state index is 12.9. The lowest BCUT2D eigenvalue weighted by Crippen LogP contribution is -2.65. The topological polar surface area (TPSA) is 145 Å². The predicted octanol–water partition coefficient (Wildman–Crippen LogP) is 0.0864. The number of amides is 5. The fourth-order valence-electron chi connectivity index (χ4n) is 4.89. The van der Waals surface area contributed by atoms with Crippen LogP contribution in [0.25, 0.3) is 0 Å². The SMILES string of the molecule is O=C(NC1CCCCC1)NC1CCN2C(=O)C(CCCNC(=O)c3cnccn3)NC(=O)C12. The second kappa shape index (κ2) is 10.6. The molecule has 3 aliphatic rings. The van der Waals surface area contributed by atoms with Gasteiger partial charge in [0.25, 0.3) is 5.91 Å². The van der Waals surface area contributed by atoms with E-state index in [4.69, 9.17) is 0 Å². The number of hydrogen-bond donors (Lipinski definition) is 4. The monoisotopic (exact) mass is 457 g/mol. The van der Waals surface area contributed by atoms with E-state index in [1.165, 1.54) is 25.0 Å². The largest absolute Gasteiger partial charge is 0.351 e. The fourth-order valence-corrected chi connectivity index (χ4v) is 4.89. The molecule has 4 N–H and O–H groups in total. The molecule has 3 atom stereocenters. The molecule has 33 heavy (non-hydrogen) atoms. The highest BCUT2D eigenvalue weighted by molar-refractivity contribution is 5.98. The number of nitrogens with zero attached hydrogens (tertiary/aromatic N) is 3.